The van der Waals surface area contributed by atoms with Crippen molar-refractivity contribution in [2.45, 2.75) is 6.92 Å². The summed E-state index contributed by atoms with van der Waals surface area (Å²) < 4.78 is 1.83. The summed E-state index contributed by atoms with van der Waals surface area (Å²) in [5, 5.41) is 12.1. The van der Waals surface area contributed by atoms with E-state index in [1.165, 1.54) is 0 Å². The Labute approximate surface area is 100 Å². The normalized spacial score (nSPS) is 12.6. The molecule has 0 spiro atoms. The molecule has 0 saturated carbocycles. The van der Waals surface area contributed by atoms with Crippen molar-refractivity contribution >= 4 is 37.5 Å². The number of nitrogens with zero attached hydrogens (tertiary/aromatic N) is 1. The van der Waals surface area contributed by atoms with E-state index in [0.29, 0.717) is 0 Å². The van der Waals surface area contributed by atoms with Crippen molar-refractivity contribution < 1.29 is 5.11 Å². The fraction of sp³-hybridized carbons (Fsp3) is 0.444. The Kier molecular flexibility index (Phi) is 4.84. The van der Waals surface area contributed by atoms with Gasteiger partial charge in [0.05, 0.1) is 14.6 Å². The van der Waals surface area contributed by atoms with Crippen LogP contribution >= 0.6 is 31.9 Å². The minimum atomic E-state index is 0.188. The Morgan fingerprint density at radius 3 is 2.50 bits per heavy atom. The lowest BCUT2D eigenvalue weighted by Gasteiger charge is -2.13. The van der Waals surface area contributed by atoms with Gasteiger partial charge in [-0.05, 0) is 37.8 Å². The largest absolute Gasteiger partial charge is 0.396 e. The monoisotopic (exact) mass is 322 g/mol. The number of nitrogens with one attached hydrogen (secondary N) is 1. The van der Waals surface area contributed by atoms with Crippen molar-refractivity contribution in [3.63, 3.8) is 0 Å². The lowest BCUT2D eigenvalue weighted by atomic mass is 10.2. The molecule has 2 N–H and O–H groups in total. The van der Waals surface area contributed by atoms with Crippen LogP contribution in [0.2, 0.25) is 0 Å². The SMILES string of the molecule is CC(CO)CNc1c(Br)cncc1Br. The van der Waals surface area contributed by atoms with E-state index in [-0.39, 0.29) is 12.5 Å². The van der Waals surface area contributed by atoms with Gasteiger partial charge in [0.1, 0.15) is 0 Å². The van der Waals surface area contributed by atoms with Gasteiger partial charge in [-0.1, -0.05) is 6.92 Å². The summed E-state index contributed by atoms with van der Waals surface area (Å²) in [5.74, 6) is 0.238. The summed E-state index contributed by atoms with van der Waals surface area (Å²) in [6, 6.07) is 0. The van der Waals surface area contributed by atoms with E-state index in [1.807, 2.05) is 6.92 Å². The zero-order chi connectivity index (χ0) is 10.6. The van der Waals surface area contributed by atoms with E-state index >= 15 is 0 Å². The Morgan fingerprint density at radius 2 is 2.00 bits per heavy atom. The third-order valence-corrected chi connectivity index (χ3v) is 2.99. The molecule has 0 bridgehead atoms. The second kappa shape index (κ2) is 5.68. The lowest BCUT2D eigenvalue weighted by molar-refractivity contribution is 0.244. The molecule has 1 heterocycles. The Hall–Kier alpha value is -0.130. The number of hydrogen-bond donors (Lipinski definition) is 2. The van der Waals surface area contributed by atoms with Crippen molar-refractivity contribution in [1.29, 1.82) is 0 Å². The average molecular weight is 324 g/mol. The summed E-state index contributed by atoms with van der Waals surface area (Å²) in [6.45, 7) is 2.90. The topological polar surface area (TPSA) is 45.1 Å². The van der Waals surface area contributed by atoms with Gasteiger partial charge in [-0.3, -0.25) is 4.98 Å². The molecule has 0 saturated heterocycles. The number of aliphatic hydroxyl groups is 1. The molecule has 1 atom stereocenters. The number of anilines is 1. The minimum absolute atomic E-state index is 0.188. The smallest absolute Gasteiger partial charge is 0.0660 e. The fourth-order valence-corrected chi connectivity index (χ4v) is 2.13. The van der Waals surface area contributed by atoms with Crippen molar-refractivity contribution in [3.05, 3.63) is 21.3 Å². The van der Waals surface area contributed by atoms with Crippen LogP contribution in [-0.2, 0) is 0 Å². The van der Waals surface area contributed by atoms with Gasteiger partial charge in [-0.15, -0.1) is 0 Å². The molecule has 0 aromatic carbocycles. The number of halogens is 2. The van der Waals surface area contributed by atoms with Crippen LogP contribution in [-0.4, -0.2) is 23.2 Å². The predicted molar refractivity (Wildman–Crippen MR) is 64.4 cm³/mol. The molecular weight excluding hydrogens is 312 g/mol. The predicted octanol–water partition coefficient (Wildman–Crippen LogP) is 2.65. The van der Waals surface area contributed by atoms with Crippen molar-refractivity contribution in [1.82, 2.24) is 4.98 Å². The number of aliphatic hydroxyl groups excluding tert-OH is 1. The van der Waals surface area contributed by atoms with Gasteiger partial charge in [-0.2, -0.15) is 0 Å². The molecule has 0 radical (unpaired) electrons. The highest BCUT2D eigenvalue weighted by Crippen LogP contribution is 2.29. The summed E-state index contributed by atoms with van der Waals surface area (Å²) in [4.78, 5) is 4.01. The molecule has 14 heavy (non-hydrogen) atoms. The first-order chi connectivity index (χ1) is 6.65. The number of pyridine rings is 1. The van der Waals surface area contributed by atoms with Gasteiger partial charge in [-0.25, -0.2) is 0 Å². The maximum Gasteiger partial charge on any atom is 0.0660 e. The van der Waals surface area contributed by atoms with Gasteiger partial charge >= 0.3 is 0 Å². The molecule has 3 nitrogen and oxygen atoms in total. The van der Waals surface area contributed by atoms with Crippen molar-refractivity contribution in [3.8, 4) is 0 Å². The molecule has 0 fully saturated rings. The Morgan fingerprint density at radius 1 is 1.43 bits per heavy atom. The highest BCUT2D eigenvalue weighted by molar-refractivity contribution is 9.11. The van der Waals surface area contributed by atoms with Gasteiger partial charge in [0.15, 0.2) is 0 Å². The third-order valence-electron chi connectivity index (χ3n) is 1.79. The third kappa shape index (κ3) is 3.22. The molecule has 0 aliphatic heterocycles. The summed E-state index contributed by atoms with van der Waals surface area (Å²) in [5.41, 5.74) is 0.973. The van der Waals surface area contributed by atoms with Crippen molar-refractivity contribution in [2.75, 3.05) is 18.5 Å². The van der Waals surface area contributed by atoms with Gasteiger partial charge in [0.25, 0.3) is 0 Å². The van der Waals surface area contributed by atoms with Gasteiger partial charge in [0.2, 0.25) is 0 Å². The molecule has 0 aliphatic rings. The maximum atomic E-state index is 8.88. The zero-order valence-corrected chi connectivity index (χ0v) is 11.0. The number of hydrogen-bond acceptors (Lipinski definition) is 3. The molecule has 1 aromatic rings. The minimum Gasteiger partial charge on any atom is -0.396 e. The quantitative estimate of drug-likeness (QED) is 0.895. The van der Waals surface area contributed by atoms with Crippen LogP contribution in [0.4, 0.5) is 5.69 Å². The van der Waals surface area contributed by atoms with E-state index in [4.69, 9.17) is 5.11 Å². The van der Waals surface area contributed by atoms with Crippen LogP contribution in [0.1, 0.15) is 6.92 Å². The van der Waals surface area contributed by atoms with E-state index < -0.39 is 0 Å². The molecule has 1 unspecified atom stereocenters. The number of rotatable bonds is 4. The number of aromatic nitrogens is 1. The molecule has 1 aromatic heterocycles. The molecule has 78 valence electrons. The van der Waals surface area contributed by atoms with Gasteiger partial charge < -0.3 is 10.4 Å². The van der Waals surface area contributed by atoms with Crippen LogP contribution in [0.25, 0.3) is 0 Å². The van der Waals surface area contributed by atoms with Crippen LogP contribution < -0.4 is 5.32 Å². The van der Waals surface area contributed by atoms with Crippen LogP contribution in [0, 0.1) is 5.92 Å². The Balaban J connectivity index is 2.66. The highest BCUT2D eigenvalue weighted by Gasteiger charge is 2.06. The maximum absolute atomic E-state index is 8.88. The first kappa shape index (κ1) is 11.9. The Bertz CT molecular complexity index is 287. The second-order valence-electron chi connectivity index (χ2n) is 3.15. The van der Waals surface area contributed by atoms with E-state index in [1.54, 1.807) is 12.4 Å². The van der Waals surface area contributed by atoms with Crippen LogP contribution in [0.3, 0.4) is 0 Å². The molecule has 5 heteroatoms. The first-order valence-electron chi connectivity index (χ1n) is 4.29. The fourth-order valence-electron chi connectivity index (χ4n) is 0.921. The lowest BCUT2D eigenvalue weighted by Crippen LogP contribution is -2.15. The second-order valence-corrected chi connectivity index (χ2v) is 4.86. The van der Waals surface area contributed by atoms with Gasteiger partial charge in [0, 0.05) is 25.5 Å². The zero-order valence-electron chi connectivity index (χ0n) is 7.80. The van der Waals surface area contributed by atoms with E-state index in [0.717, 1.165) is 21.2 Å². The van der Waals surface area contributed by atoms with Crippen molar-refractivity contribution in [2.24, 2.45) is 5.92 Å². The van der Waals surface area contributed by atoms with Crippen LogP contribution in [0.5, 0.6) is 0 Å². The molecule has 1 rings (SSSR count). The summed E-state index contributed by atoms with van der Waals surface area (Å²) >= 11 is 6.80. The first-order valence-corrected chi connectivity index (χ1v) is 5.87. The standard InChI is InChI=1S/C9H12Br2N2O/c1-6(5-14)2-13-9-7(10)3-12-4-8(9)11/h3-4,6,14H,2,5H2,1H3,(H,12,13). The summed E-state index contributed by atoms with van der Waals surface area (Å²) in [6.07, 6.45) is 3.47. The average Bonchev–Trinajstić information content (AvgIpc) is 2.16. The van der Waals surface area contributed by atoms with Crippen LogP contribution in [0.15, 0.2) is 21.3 Å². The van der Waals surface area contributed by atoms with E-state index in [2.05, 4.69) is 42.2 Å². The molecule has 0 aliphatic carbocycles. The molecule has 0 amide bonds. The summed E-state index contributed by atoms with van der Waals surface area (Å²) in [7, 11) is 0. The molecular formula is C9H12Br2N2O. The van der Waals surface area contributed by atoms with E-state index in [9.17, 15) is 0 Å². The highest BCUT2D eigenvalue weighted by atomic mass is 79.9.